The smallest absolute Gasteiger partial charge is 0.276 e. The lowest BCUT2D eigenvalue weighted by molar-refractivity contribution is 0.0517. The fraction of sp³-hybridized carbons (Fsp3) is 0.769. The van der Waals surface area contributed by atoms with E-state index in [1.165, 1.54) is 0 Å². The van der Waals surface area contributed by atoms with Crippen LogP contribution in [0.1, 0.15) is 36.3 Å². The van der Waals surface area contributed by atoms with Crippen LogP contribution < -0.4 is 5.32 Å². The van der Waals surface area contributed by atoms with Crippen molar-refractivity contribution < 1.29 is 9.90 Å². The fourth-order valence-electron chi connectivity index (χ4n) is 2.76. The van der Waals surface area contributed by atoms with Crippen LogP contribution in [-0.4, -0.2) is 63.2 Å². The Kier molecular flexibility index (Phi) is 3.71. The first-order valence-electron chi connectivity index (χ1n) is 7.25. The summed E-state index contributed by atoms with van der Waals surface area (Å²) in [7, 11) is 0. The number of carbonyl (C=O) groups is 1. The molecule has 2 fully saturated rings. The second-order valence-electron chi connectivity index (χ2n) is 5.77. The third-order valence-electron chi connectivity index (χ3n) is 4.37. The normalized spacial score (nSPS) is 22.6. The molecule has 7 heteroatoms. The predicted molar refractivity (Wildman–Crippen MR) is 72.2 cm³/mol. The van der Waals surface area contributed by atoms with Gasteiger partial charge in [-0.15, -0.1) is 5.10 Å². The van der Waals surface area contributed by atoms with Crippen LogP contribution in [0.5, 0.6) is 0 Å². The molecule has 3 rings (SSSR count). The Morgan fingerprint density at radius 2 is 2.15 bits per heavy atom. The molecular weight excluding hydrogens is 258 g/mol. The van der Waals surface area contributed by atoms with Crippen molar-refractivity contribution in [2.24, 2.45) is 5.92 Å². The molecule has 2 aliphatic heterocycles. The van der Waals surface area contributed by atoms with Gasteiger partial charge in [-0.05, 0) is 25.7 Å². The summed E-state index contributed by atoms with van der Waals surface area (Å²) in [5, 5.41) is 20.8. The summed E-state index contributed by atoms with van der Waals surface area (Å²) in [4.78, 5) is 14.2. The van der Waals surface area contributed by atoms with E-state index >= 15 is 0 Å². The zero-order chi connectivity index (χ0) is 14.1. The molecule has 1 aromatic rings. The van der Waals surface area contributed by atoms with Crippen LogP contribution in [-0.2, 0) is 0 Å². The Morgan fingerprint density at radius 3 is 2.70 bits per heavy atom. The van der Waals surface area contributed by atoms with Crippen molar-refractivity contribution in [3.8, 4) is 0 Å². The minimum absolute atomic E-state index is 0.0485. The average molecular weight is 279 g/mol. The molecule has 2 saturated heterocycles. The quantitative estimate of drug-likeness (QED) is 0.790. The highest BCUT2D eigenvalue weighted by atomic mass is 16.3. The van der Waals surface area contributed by atoms with E-state index in [-0.39, 0.29) is 12.0 Å². The molecule has 0 saturated carbocycles. The van der Waals surface area contributed by atoms with Gasteiger partial charge >= 0.3 is 0 Å². The molecule has 2 aliphatic rings. The zero-order valence-corrected chi connectivity index (χ0v) is 11.7. The van der Waals surface area contributed by atoms with Gasteiger partial charge in [0.1, 0.15) is 0 Å². The molecule has 1 aromatic heterocycles. The Hall–Kier alpha value is -1.47. The zero-order valence-electron chi connectivity index (χ0n) is 11.7. The van der Waals surface area contributed by atoms with Crippen LogP contribution in [0.2, 0.25) is 0 Å². The van der Waals surface area contributed by atoms with Gasteiger partial charge in [-0.1, -0.05) is 5.21 Å². The number of nitrogens with zero attached hydrogens (tertiary/aromatic N) is 4. The minimum atomic E-state index is -0.292. The van der Waals surface area contributed by atoms with E-state index in [0.29, 0.717) is 30.7 Å². The van der Waals surface area contributed by atoms with Gasteiger partial charge in [-0.3, -0.25) is 4.79 Å². The number of aromatic nitrogens is 3. The lowest BCUT2D eigenvalue weighted by Gasteiger charge is -2.32. The molecular formula is C13H21N5O2. The summed E-state index contributed by atoms with van der Waals surface area (Å²) in [5.41, 5.74) is 0.424. The fourth-order valence-corrected chi connectivity index (χ4v) is 2.76. The third-order valence-corrected chi connectivity index (χ3v) is 4.37. The molecule has 0 spiro atoms. The van der Waals surface area contributed by atoms with Gasteiger partial charge in [0, 0.05) is 26.2 Å². The first kappa shape index (κ1) is 13.5. The highest BCUT2D eigenvalue weighted by Crippen LogP contribution is 2.21. The number of amides is 1. The van der Waals surface area contributed by atoms with Crippen LogP contribution in [0.3, 0.4) is 0 Å². The van der Waals surface area contributed by atoms with Crippen molar-refractivity contribution >= 4 is 5.91 Å². The molecule has 1 unspecified atom stereocenters. The maximum Gasteiger partial charge on any atom is 0.276 e. The number of hydrogen-bond donors (Lipinski definition) is 2. The Labute approximate surface area is 117 Å². The van der Waals surface area contributed by atoms with Gasteiger partial charge in [0.05, 0.1) is 18.3 Å². The van der Waals surface area contributed by atoms with Gasteiger partial charge in [0.25, 0.3) is 5.91 Å². The summed E-state index contributed by atoms with van der Waals surface area (Å²) >= 11 is 0. The molecule has 2 N–H and O–H groups in total. The summed E-state index contributed by atoms with van der Waals surface area (Å²) in [6.07, 6.45) is 3.15. The number of likely N-dealkylation sites (tertiary alicyclic amines) is 1. The highest BCUT2D eigenvalue weighted by molar-refractivity contribution is 5.92. The van der Waals surface area contributed by atoms with Crippen LogP contribution in [0, 0.1) is 5.92 Å². The van der Waals surface area contributed by atoms with Crippen molar-refractivity contribution in [2.45, 2.75) is 31.9 Å². The maximum absolute atomic E-state index is 12.4. The van der Waals surface area contributed by atoms with Crippen molar-refractivity contribution in [1.29, 1.82) is 0 Å². The average Bonchev–Trinajstić information content (AvgIpc) is 2.85. The molecule has 1 amide bonds. The van der Waals surface area contributed by atoms with E-state index in [4.69, 9.17) is 0 Å². The van der Waals surface area contributed by atoms with E-state index in [1.54, 1.807) is 10.9 Å². The topological polar surface area (TPSA) is 83.3 Å². The van der Waals surface area contributed by atoms with Crippen molar-refractivity contribution in [2.75, 3.05) is 26.2 Å². The molecule has 0 bridgehead atoms. The molecule has 20 heavy (non-hydrogen) atoms. The molecule has 0 radical (unpaired) electrons. The molecule has 0 aliphatic carbocycles. The van der Waals surface area contributed by atoms with Gasteiger partial charge in [0.2, 0.25) is 0 Å². The van der Waals surface area contributed by atoms with E-state index in [0.717, 1.165) is 25.9 Å². The third kappa shape index (κ3) is 2.55. The monoisotopic (exact) mass is 279 g/mol. The second kappa shape index (κ2) is 5.49. The number of piperidine rings is 1. The van der Waals surface area contributed by atoms with Gasteiger partial charge < -0.3 is 15.3 Å². The number of carbonyl (C=O) groups excluding carboxylic acids is 1. The summed E-state index contributed by atoms with van der Waals surface area (Å²) in [6, 6.07) is 0.324. The Morgan fingerprint density at radius 1 is 1.45 bits per heavy atom. The molecule has 1 atom stereocenters. The van der Waals surface area contributed by atoms with Crippen LogP contribution >= 0.6 is 0 Å². The highest BCUT2D eigenvalue weighted by Gasteiger charge is 2.28. The van der Waals surface area contributed by atoms with Crippen LogP contribution in [0.15, 0.2) is 6.20 Å². The largest absolute Gasteiger partial charge is 0.393 e. The van der Waals surface area contributed by atoms with Gasteiger partial charge in [-0.2, -0.15) is 0 Å². The van der Waals surface area contributed by atoms with E-state index < -0.39 is 0 Å². The Bertz CT molecular complexity index is 475. The molecule has 0 aromatic carbocycles. The molecule has 7 nitrogen and oxygen atoms in total. The van der Waals surface area contributed by atoms with Gasteiger partial charge in [0.15, 0.2) is 5.69 Å². The summed E-state index contributed by atoms with van der Waals surface area (Å²) in [6.45, 7) is 4.96. The summed E-state index contributed by atoms with van der Waals surface area (Å²) < 4.78 is 1.77. The van der Waals surface area contributed by atoms with Crippen LogP contribution in [0.25, 0.3) is 0 Å². The number of hydrogen-bond acceptors (Lipinski definition) is 5. The lowest BCUT2D eigenvalue weighted by Crippen LogP contribution is -2.43. The standard InChI is InChI=1S/C13H21N5O2/c1-9(19)10-2-4-17(5-3-10)13(20)12-8-18(16-15-12)11-6-14-7-11/h8-11,14,19H,2-7H2,1H3. The minimum Gasteiger partial charge on any atom is -0.393 e. The summed E-state index contributed by atoms with van der Waals surface area (Å²) in [5.74, 6) is 0.253. The van der Waals surface area contributed by atoms with Gasteiger partial charge in [-0.25, -0.2) is 4.68 Å². The predicted octanol–water partition coefficient (Wildman–Crippen LogP) is -0.345. The van der Waals surface area contributed by atoms with Crippen LogP contribution in [0.4, 0.5) is 0 Å². The lowest BCUT2D eigenvalue weighted by atomic mass is 9.92. The Balaban J connectivity index is 1.60. The van der Waals surface area contributed by atoms with E-state index in [2.05, 4.69) is 15.6 Å². The number of nitrogens with one attached hydrogen (secondary N) is 1. The van der Waals surface area contributed by atoms with E-state index in [9.17, 15) is 9.90 Å². The second-order valence-corrected chi connectivity index (χ2v) is 5.77. The van der Waals surface area contributed by atoms with E-state index in [1.807, 2.05) is 11.8 Å². The maximum atomic E-state index is 12.4. The molecule has 110 valence electrons. The first-order valence-corrected chi connectivity index (χ1v) is 7.25. The number of aliphatic hydroxyl groups excluding tert-OH is 1. The van der Waals surface area contributed by atoms with Crippen molar-refractivity contribution in [3.63, 3.8) is 0 Å². The van der Waals surface area contributed by atoms with Crippen molar-refractivity contribution in [1.82, 2.24) is 25.2 Å². The first-order chi connectivity index (χ1) is 9.65. The van der Waals surface area contributed by atoms with Crippen molar-refractivity contribution in [3.05, 3.63) is 11.9 Å². The number of rotatable bonds is 3. The SMILES string of the molecule is CC(O)C1CCN(C(=O)c2cn(C3CNC3)nn2)CC1. The molecule has 3 heterocycles. The number of aliphatic hydroxyl groups is 1.